The molecule has 9 aromatic carbocycles. The molecular formula is C48H33N. The third-order valence-electron chi connectivity index (χ3n) is 9.65. The van der Waals surface area contributed by atoms with Crippen molar-refractivity contribution in [2.75, 3.05) is 4.90 Å². The first-order valence-corrected chi connectivity index (χ1v) is 16.9. The Balaban J connectivity index is 1.20. The number of benzene rings is 9. The first-order chi connectivity index (χ1) is 24.3. The van der Waals surface area contributed by atoms with Gasteiger partial charge in [0.2, 0.25) is 0 Å². The highest BCUT2D eigenvalue weighted by Crippen LogP contribution is 2.43. The van der Waals surface area contributed by atoms with Crippen molar-refractivity contribution < 1.29 is 0 Å². The highest BCUT2D eigenvalue weighted by Gasteiger charge is 2.18. The van der Waals surface area contributed by atoms with Crippen molar-refractivity contribution in [1.82, 2.24) is 0 Å². The van der Waals surface area contributed by atoms with Gasteiger partial charge >= 0.3 is 0 Å². The average Bonchev–Trinajstić information content (AvgIpc) is 3.19. The molecule has 0 unspecified atom stereocenters. The van der Waals surface area contributed by atoms with E-state index in [1.54, 1.807) is 0 Å². The summed E-state index contributed by atoms with van der Waals surface area (Å²) in [5.74, 6) is 0. The Morgan fingerprint density at radius 1 is 0.286 bits per heavy atom. The molecule has 0 N–H and O–H groups in total. The third-order valence-corrected chi connectivity index (χ3v) is 9.65. The molecule has 0 aliphatic carbocycles. The molecule has 1 heteroatoms. The van der Waals surface area contributed by atoms with Gasteiger partial charge in [-0.15, -0.1) is 0 Å². The van der Waals surface area contributed by atoms with Crippen molar-refractivity contribution in [1.29, 1.82) is 0 Å². The van der Waals surface area contributed by atoms with Gasteiger partial charge in [-0.1, -0.05) is 164 Å². The maximum Gasteiger partial charge on any atom is 0.0540 e. The van der Waals surface area contributed by atoms with Crippen LogP contribution in [0.1, 0.15) is 0 Å². The minimum Gasteiger partial charge on any atom is -0.310 e. The van der Waals surface area contributed by atoms with Crippen LogP contribution < -0.4 is 4.90 Å². The van der Waals surface area contributed by atoms with E-state index in [2.05, 4.69) is 205 Å². The Hall–Kier alpha value is -6.44. The SMILES string of the molecule is c1ccc(-c2ccc(N(c3ccc(-c4cc5ccccc5c5c4ccc4ccccc45)cc3)c3ccccc3-c3ccccc3)cc2)cc1. The van der Waals surface area contributed by atoms with Gasteiger partial charge in [0.05, 0.1) is 5.69 Å². The number of hydrogen-bond donors (Lipinski definition) is 0. The standard InChI is InChI=1S/C48H33N/c1-3-13-34(14-4-1)35-23-28-40(29-24-35)49(47-22-12-11-19-42(47)36-15-5-2-6-16-36)41-30-25-38(26-31-41)46-33-39-18-8-10-21-44(39)48-43-20-9-7-17-37(43)27-32-45(46)48/h1-33H. The van der Waals surface area contributed by atoms with Gasteiger partial charge in [-0.3, -0.25) is 0 Å². The summed E-state index contributed by atoms with van der Waals surface area (Å²) in [7, 11) is 0. The fourth-order valence-corrected chi connectivity index (χ4v) is 7.29. The molecular weight excluding hydrogens is 591 g/mol. The van der Waals surface area contributed by atoms with E-state index in [0.717, 1.165) is 17.1 Å². The largest absolute Gasteiger partial charge is 0.310 e. The molecule has 9 aromatic rings. The zero-order valence-electron chi connectivity index (χ0n) is 27.0. The molecule has 230 valence electrons. The van der Waals surface area contributed by atoms with Crippen LogP contribution in [0.3, 0.4) is 0 Å². The summed E-state index contributed by atoms with van der Waals surface area (Å²) in [4.78, 5) is 2.38. The lowest BCUT2D eigenvalue weighted by atomic mass is 9.90. The fourth-order valence-electron chi connectivity index (χ4n) is 7.29. The molecule has 0 saturated carbocycles. The van der Waals surface area contributed by atoms with Crippen molar-refractivity contribution in [2.45, 2.75) is 0 Å². The van der Waals surface area contributed by atoms with Crippen LogP contribution in [-0.2, 0) is 0 Å². The predicted octanol–water partition coefficient (Wildman–Crippen LogP) is 13.6. The molecule has 0 aliphatic heterocycles. The first kappa shape index (κ1) is 28.8. The molecule has 0 aromatic heterocycles. The van der Waals surface area contributed by atoms with Crippen molar-refractivity contribution in [2.24, 2.45) is 0 Å². The zero-order chi connectivity index (χ0) is 32.6. The van der Waals surface area contributed by atoms with E-state index in [1.165, 1.54) is 65.7 Å². The summed E-state index contributed by atoms with van der Waals surface area (Å²) in [6.07, 6.45) is 0. The molecule has 9 rings (SSSR count). The lowest BCUT2D eigenvalue weighted by molar-refractivity contribution is 1.28. The van der Waals surface area contributed by atoms with Gasteiger partial charge in [0.25, 0.3) is 0 Å². The van der Waals surface area contributed by atoms with Crippen molar-refractivity contribution in [3.05, 3.63) is 200 Å². The molecule has 0 saturated heterocycles. The molecule has 49 heavy (non-hydrogen) atoms. The van der Waals surface area contributed by atoms with E-state index in [1.807, 2.05) is 0 Å². The molecule has 1 nitrogen and oxygen atoms in total. The van der Waals surface area contributed by atoms with E-state index < -0.39 is 0 Å². The molecule has 0 amide bonds. The normalized spacial score (nSPS) is 11.3. The van der Waals surface area contributed by atoms with Gasteiger partial charge in [0, 0.05) is 16.9 Å². The average molecular weight is 624 g/mol. The highest BCUT2D eigenvalue weighted by atomic mass is 15.1. The van der Waals surface area contributed by atoms with Gasteiger partial charge < -0.3 is 4.90 Å². The molecule has 0 heterocycles. The molecule has 0 spiro atoms. The van der Waals surface area contributed by atoms with E-state index in [9.17, 15) is 0 Å². The molecule has 0 radical (unpaired) electrons. The van der Waals surface area contributed by atoms with Crippen LogP contribution >= 0.6 is 0 Å². The molecule has 0 bridgehead atoms. The van der Waals surface area contributed by atoms with Crippen LogP contribution in [0.5, 0.6) is 0 Å². The van der Waals surface area contributed by atoms with Crippen LogP contribution in [-0.4, -0.2) is 0 Å². The quantitative estimate of drug-likeness (QED) is 0.167. The Kier molecular flexibility index (Phi) is 7.22. The summed E-state index contributed by atoms with van der Waals surface area (Å²) in [6.45, 7) is 0. The van der Waals surface area contributed by atoms with Crippen LogP contribution in [0.2, 0.25) is 0 Å². The molecule has 0 atom stereocenters. The van der Waals surface area contributed by atoms with E-state index >= 15 is 0 Å². The Labute approximate surface area is 287 Å². The lowest BCUT2D eigenvalue weighted by Crippen LogP contribution is -2.11. The maximum absolute atomic E-state index is 2.38. The number of nitrogens with zero attached hydrogens (tertiary/aromatic N) is 1. The Morgan fingerprint density at radius 3 is 1.47 bits per heavy atom. The van der Waals surface area contributed by atoms with E-state index in [4.69, 9.17) is 0 Å². The number of para-hydroxylation sites is 1. The molecule has 0 fully saturated rings. The summed E-state index contributed by atoms with van der Waals surface area (Å²) in [5, 5.41) is 7.68. The van der Waals surface area contributed by atoms with E-state index in [-0.39, 0.29) is 0 Å². The van der Waals surface area contributed by atoms with Crippen molar-refractivity contribution >= 4 is 49.4 Å². The topological polar surface area (TPSA) is 3.24 Å². The van der Waals surface area contributed by atoms with Crippen LogP contribution in [0, 0.1) is 0 Å². The molecule has 0 aliphatic rings. The second kappa shape index (κ2) is 12.3. The van der Waals surface area contributed by atoms with Gasteiger partial charge in [-0.2, -0.15) is 0 Å². The first-order valence-electron chi connectivity index (χ1n) is 16.9. The second-order valence-electron chi connectivity index (χ2n) is 12.5. The van der Waals surface area contributed by atoms with Crippen LogP contribution in [0.4, 0.5) is 17.1 Å². The number of anilines is 3. The Bertz CT molecular complexity index is 2550. The van der Waals surface area contributed by atoms with Gasteiger partial charge in [0.15, 0.2) is 0 Å². The zero-order valence-corrected chi connectivity index (χ0v) is 27.0. The minimum absolute atomic E-state index is 1.11. The van der Waals surface area contributed by atoms with Gasteiger partial charge in [0.1, 0.15) is 0 Å². The monoisotopic (exact) mass is 623 g/mol. The van der Waals surface area contributed by atoms with Gasteiger partial charge in [-0.05, 0) is 96.5 Å². The summed E-state index contributed by atoms with van der Waals surface area (Å²) < 4.78 is 0. The van der Waals surface area contributed by atoms with Gasteiger partial charge in [-0.25, -0.2) is 0 Å². The van der Waals surface area contributed by atoms with Crippen molar-refractivity contribution in [3.8, 4) is 33.4 Å². The van der Waals surface area contributed by atoms with Crippen LogP contribution in [0.25, 0.3) is 65.7 Å². The second-order valence-corrected chi connectivity index (χ2v) is 12.5. The lowest BCUT2D eigenvalue weighted by Gasteiger charge is -2.28. The smallest absolute Gasteiger partial charge is 0.0540 e. The fraction of sp³-hybridized carbons (Fsp3) is 0. The summed E-state index contributed by atoms with van der Waals surface area (Å²) >= 11 is 0. The predicted molar refractivity (Wildman–Crippen MR) is 210 cm³/mol. The van der Waals surface area contributed by atoms with E-state index in [0.29, 0.717) is 0 Å². The summed E-state index contributed by atoms with van der Waals surface area (Å²) in [5.41, 5.74) is 10.6. The highest BCUT2D eigenvalue weighted by molar-refractivity contribution is 6.24. The number of rotatable bonds is 6. The Morgan fingerprint density at radius 2 is 0.776 bits per heavy atom. The summed E-state index contributed by atoms with van der Waals surface area (Å²) in [6, 6.07) is 72.4. The maximum atomic E-state index is 2.38. The van der Waals surface area contributed by atoms with Crippen molar-refractivity contribution in [3.63, 3.8) is 0 Å². The third kappa shape index (κ3) is 5.23. The van der Waals surface area contributed by atoms with Crippen LogP contribution in [0.15, 0.2) is 200 Å². The number of hydrogen-bond acceptors (Lipinski definition) is 1. The number of fused-ring (bicyclic) bond motifs is 5. The minimum atomic E-state index is 1.11.